The Kier molecular flexibility index (Phi) is 5.84. The first-order valence-corrected chi connectivity index (χ1v) is 7.09. The van der Waals surface area contributed by atoms with Crippen molar-refractivity contribution in [3.63, 3.8) is 0 Å². The lowest BCUT2D eigenvalue weighted by Crippen LogP contribution is -2.24. The van der Waals surface area contributed by atoms with Gasteiger partial charge in [-0.15, -0.1) is 0 Å². The van der Waals surface area contributed by atoms with E-state index in [4.69, 9.17) is 4.74 Å². The number of alkyl halides is 3. The summed E-state index contributed by atoms with van der Waals surface area (Å²) in [5, 5.41) is 2.51. The largest absolute Gasteiger partial charge is 0.481 e. The number of aromatic nitrogens is 1. The van der Waals surface area contributed by atoms with Crippen LogP contribution in [0, 0.1) is 11.8 Å². The van der Waals surface area contributed by atoms with Crippen LogP contribution in [0.15, 0.2) is 47.4 Å². The van der Waals surface area contributed by atoms with Crippen LogP contribution >= 0.6 is 0 Å². The molecule has 0 atom stereocenters. The number of ether oxygens (including phenoxy) is 1. The van der Waals surface area contributed by atoms with Gasteiger partial charge in [-0.2, -0.15) is 13.2 Å². The molecule has 0 saturated heterocycles. The van der Waals surface area contributed by atoms with E-state index >= 15 is 0 Å². The predicted octanol–water partition coefficient (Wildman–Crippen LogP) is 2.21. The maximum Gasteiger partial charge on any atom is 0.416 e. The Balaban J connectivity index is 1.79. The number of benzene rings is 1. The number of aromatic amines is 1. The summed E-state index contributed by atoms with van der Waals surface area (Å²) < 4.78 is 42.8. The van der Waals surface area contributed by atoms with Gasteiger partial charge in [-0.05, 0) is 24.3 Å². The van der Waals surface area contributed by atoms with Crippen molar-refractivity contribution < 1.29 is 22.7 Å². The molecule has 5 nitrogen and oxygen atoms in total. The zero-order valence-electron chi connectivity index (χ0n) is 12.8. The Bertz CT molecular complexity index is 843. The number of rotatable bonds is 4. The maximum absolute atomic E-state index is 12.6. The molecular formula is C17H13F3N2O3. The summed E-state index contributed by atoms with van der Waals surface area (Å²) >= 11 is 0. The van der Waals surface area contributed by atoms with E-state index in [0.29, 0.717) is 0 Å². The molecule has 2 N–H and O–H groups in total. The molecule has 0 fully saturated rings. The van der Waals surface area contributed by atoms with Gasteiger partial charge in [-0.1, -0.05) is 17.9 Å². The van der Waals surface area contributed by atoms with Crippen molar-refractivity contribution in [1.82, 2.24) is 10.3 Å². The molecule has 0 spiro atoms. The van der Waals surface area contributed by atoms with Crippen LogP contribution in [0.25, 0.3) is 0 Å². The van der Waals surface area contributed by atoms with Gasteiger partial charge in [0.15, 0.2) is 0 Å². The molecule has 1 aromatic heterocycles. The lowest BCUT2D eigenvalue weighted by atomic mass is 10.2. The fourth-order valence-corrected chi connectivity index (χ4v) is 1.77. The Morgan fingerprint density at radius 2 is 2.00 bits per heavy atom. The van der Waals surface area contributed by atoms with Crippen molar-refractivity contribution >= 4 is 5.91 Å². The third-order valence-corrected chi connectivity index (χ3v) is 2.98. The fourth-order valence-electron chi connectivity index (χ4n) is 1.77. The lowest BCUT2D eigenvalue weighted by molar-refractivity contribution is -0.137. The Morgan fingerprint density at radius 1 is 1.20 bits per heavy atom. The molecule has 0 bridgehead atoms. The van der Waals surface area contributed by atoms with Gasteiger partial charge in [0, 0.05) is 12.3 Å². The van der Waals surface area contributed by atoms with Crippen molar-refractivity contribution in [2.75, 3.05) is 13.2 Å². The minimum Gasteiger partial charge on any atom is -0.481 e. The molecule has 1 amide bonds. The van der Waals surface area contributed by atoms with Crippen molar-refractivity contribution in [3.8, 4) is 17.6 Å². The molecule has 0 aliphatic rings. The summed E-state index contributed by atoms with van der Waals surface area (Å²) in [6.45, 7) is -0.0836. The number of H-pyrrole nitrogens is 1. The second kappa shape index (κ2) is 8.06. The molecule has 8 heteroatoms. The first-order chi connectivity index (χ1) is 11.9. The van der Waals surface area contributed by atoms with Crippen molar-refractivity contribution in [2.45, 2.75) is 6.18 Å². The predicted molar refractivity (Wildman–Crippen MR) is 84.1 cm³/mol. The maximum atomic E-state index is 12.6. The lowest BCUT2D eigenvalue weighted by Gasteiger charge is -2.08. The Hall–Kier alpha value is -3.21. The average molecular weight is 350 g/mol. The molecule has 1 aromatic carbocycles. The molecule has 25 heavy (non-hydrogen) atoms. The van der Waals surface area contributed by atoms with Gasteiger partial charge in [-0.25, -0.2) is 0 Å². The molecular weight excluding hydrogens is 337 g/mol. The van der Waals surface area contributed by atoms with Gasteiger partial charge < -0.3 is 15.0 Å². The number of carbonyl (C=O) groups is 1. The molecule has 0 aliphatic carbocycles. The summed E-state index contributed by atoms with van der Waals surface area (Å²) in [5.41, 5.74) is -0.837. The van der Waals surface area contributed by atoms with Crippen LogP contribution in [0.4, 0.5) is 13.2 Å². The molecule has 0 saturated carbocycles. The van der Waals surface area contributed by atoms with E-state index in [1.54, 1.807) is 0 Å². The second-order valence-corrected chi connectivity index (χ2v) is 4.79. The molecule has 0 radical (unpaired) electrons. The van der Waals surface area contributed by atoms with Gasteiger partial charge in [0.05, 0.1) is 17.7 Å². The highest BCUT2D eigenvalue weighted by Gasteiger charge is 2.30. The standard InChI is InChI=1S/C17H13F3N2O3/c18-17(19,20)13-4-3-5-14(10-13)25-9-2-1-8-21-16(24)12-6-7-15(23)22-11-12/h3-7,10-11H,8-9H2,(H,21,24)(H,22,23). The van der Waals surface area contributed by atoms with Gasteiger partial charge >= 0.3 is 6.18 Å². The van der Waals surface area contributed by atoms with Crippen LogP contribution in [0.3, 0.4) is 0 Å². The van der Waals surface area contributed by atoms with E-state index in [-0.39, 0.29) is 30.0 Å². The third-order valence-electron chi connectivity index (χ3n) is 2.98. The number of carbonyl (C=O) groups excluding carboxylic acids is 1. The Morgan fingerprint density at radius 3 is 2.68 bits per heavy atom. The fraction of sp³-hybridized carbons (Fsp3) is 0.176. The van der Waals surface area contributed by atoms with E-state index in [9.17, 15) is 22.8 Å². The van der Waals surface area contributed by atoms with Gasteiger partial charge in [0.1, 0.15) is 12.4 Å². The third kappa shape index (κ3) is 5.73. The number of hydrogen-bond donors (Lipinski definition) is 2. The van der Waals surface area contributed by atoms with Gasteiger partial charge in [-0.3, -0.25) is 9.59 Å². The van der Waals surface area contributed by atoms with Crippen LogP contribution < -0.4 is 15.6 Å². The van der Waals surface area contributed by atoms with Crippen molar-refractivity contribution in [3.05, 3.63) is 64.1 Å². The summed E-state index contributed by atoms with van der Waals surface area (Å²) in [5.74, 6) is 4.84. The minimum atomic E-state index is -4.43. The van der Waals surface area contributed by atoms with E-state index in [2.05, 4.69) is 22.1 Å². The molecule has 0 aliphatic heterocycles. The number of hydrogen-bond acceptors (Lipinski definition) is 3. The quantitative estimate of drug-likeness (QED) is 0.831. The van der Waals surface area contributed by atoms with E-state index < -0.39 is 17.6 Å². The first-order valence-electron chi connectivity index (χ1n) is 7.09. The average Bonchev–Trinajstić information content (AvgIpc) is 2.58. The van der Waals surface area contributed by atoms with E-state index in [0.717, 1.165) is 12.1 Å². The first kappa shape index (κ1) is 18.1. The summed E-state index contributed by atoms with van der Waals surface area (Å²) in [6, 6.07) is 7.08. The van der Waals surface area contributed by atoms with Crippen LogP contribution in [-0.2, 0) is 6.18 Å². The Labute approximate surface area is 140 Å². The van der Waals surface area contributed by atoms with E-state index in [1.165, 1.54) is 30.5 Å². The van der Waals surface area contributed by atoms with Crippen molar-refractivity contribution in [1.29, 1.82) is 0 Å². The molecule has 2 rings (SSSR count). The number of halogens is 3. The second-order valence-electron chi connectivity index (χ2n) is 4.79. The zero-order chi connectivity index (χ0) is 18.3. The van der Waals surface area contributed by atoms with Crippen LogP contribution in [0.1, 0.15) is 15.9 Å². The minimum absolute atomic E-state index is 0.0317. The summed E-state index contributed by atoms with van der Waals surface area (Å²) in [6.07, 6.45) is -3.15. The van der Waals surface area contributed by atoms with Crippen molar-refractivity contribution in [2.24, 2.45) is 0 Å². The smallest absolute Gasteiger partial charge is 0.416 e. The molecule has 130 valence electrons. The molecule has 0 unspecified atom stereocenters. The number of amides is 1. The topological polar surface area (TPSA) is 71.2 Å². The summed E-state index contributed by atoms with van der Waals surface area (Å²) in [7, 11) is 0. The molecule has 2 aromatic rings. The highest BCUT2D eigenvalue weighted by atomic mass is 19.4. The SMILES string of the molecule is O=C(NCC#CCOc1cccc(C(F)(F)F)c1)c1ccc(=O)[nH]c1. The van der Waals surface area contributed by atoms with Crippen LogP contribution in [0.5, 0.6) is 5.75 Å². The van der Waals surface area contributed by atoms with Gasteiger partial charge in [0.25, 0.3) is 5.91 Å². The van der Waals surface area contributed by atoms with Crippen LogP contribution in [-0.4, -0.2) is 24.0 Å². The monoisotopic (exact) mass is 350 g/mol. The highest BCUT2D eigenvalue weighted by Crippen LogP contribution is 2.31. The van der Waals surface area contributed by atoms with E-state index in [1.807, 2.05) is 0 Å². The number of pyridine rings is 1. The normalized spacial score (nSPS) is 10.5. The zero-order valence-corrected chi connectivity index (χ0v) is 12.8. The van der Waals surface area contributed by atoms with Crippen LogP contribution in [0.2, 0.25) is 0 Å². The summed E-state index contributed by atoms with van der Waals surface area (Å²) in [4.78, 5) is 25.0. The van der Waals surface area contributed by atoms with Gasteiger partial charge in [0.2, 0.25) is 5.56 Å². The molecule has 1 heterocycles. The number of nitrogens with one attached hydrogen (secondary N) is 2. The highest BCUT2D eigenvalue weighted by molar-refractivity contribution is 5.93.